The highest BCUT2D eigenvalue weighted by molar-refractivity contribution is 9.09. The topological polar surface area (TPSA) is 54.4 Å². The van der Waals surface area contributed by atoms with E-state index in [1.54, 1.807) is 0 Å². The maximum Gasteiger partial charge on any atom is 0.310 e. The van der Waals surface area contributed by atoms with Gasteiger partial charge in [-0.1, -0.05) is 15.9 Å². The third-order valence-electron chi connectivity index (χ3n) is 1.99. The number of Topliss-reactive ketones (excluding diaryl/α,β-unsaturated/α-hetero) is 1. The average molecular weight is 221 g/mol. The third kappa shape index (κ3) is 1.80. The number of hydrogen-bond acceptors (Lipinski definition) is 2. The summed E-state index contributed by atoms with van der Waals surface area (Å²) in [5, 5.41) is 8.95. The smallest absolute Gasteiger partial charge is 0.310 e. The number of halogens is 1. The van der Waals surface area contributed by atoms with Crippen LogP contribution >= 0.6 is 15.9 Å². The van der Waals surface area contributed by atoms with Gasteiger partial charge in [0.15, 0.2) is 0 Å². The molecule has 0 aromatic heterocycles. The van der Waals surface area contributed by atoms with Gasteiger partial charge in [-0.3, -0.25) is 9.59 Å². The quantitative estimate of drug-likeness (QED) is 0.725. The van der Waals surface area contributed by atoms with Crippen LogP contribution in [0.3, 0.4) is 0 Å². The fraction of sp³-hybridized carbons (Fsp3) is 0.714. The van der Waals surface area contributed by atoms with Crippen LogP contribution in [-0.2, 0) is 9.59 Å². The van der Waals surface area contributed by atoms with Crippen molar-refractivity contribution < 1.29 is 14.7 Å². The molecule has 4 heteroatoms. The van der Waals surface area contributed by atoms with E-state index in [-0.39, 0.29) is 17.5 Å². The maximum absolute atomic E-state index is 10.9. The lowest BCUT2D eigenvalue weighted by Crippen LogP contribution is -2.19. The molecule has 0 bridgehead atoms. The fourth-order valence-electron chi connectivity index (χ4n) is 1.04. The molecular formula is C7H9BrO3. The molecule has 1 fully saturated rings. The predicted octanol–water partition coefficient (Wildman–Crippen LogP) is 1.21. The maximum atomic E-state index is 10.9. The first-order valence-corrected chi connectivity index (χ1v) is 4.54. The molecule has 0 heterocycles. The van der Waals surface area contributed by atoms with Crippen molar-refractivity contribution in [2.75, 3.05) is 5.33 Å². The second-order valence-corrected chi connectivity index (χ2v) is 3.50. The first kappa shape index (κ1) is 8.71. The van der Waals surface area contributed by atoms with Crippen LogP contribution in [0.15, 0.2) is 0 Å². The average Bonchev–Trinajstić information content (AvgIpc) is 2.69. The van der Waals surface area contributed by atoms with E-state index < -0.39 is 11.4 Å². The monoisotopic (exact) mass is 220 g/mol. The summed E-state index contributed by atoms with van der Waals surface area (Å²) in [6.07, 6.45) is 1.50. The zero-order valence-electron chi connectivity index (χ0n) is 5.97. The minimum absolute atomic E-state index is 0.0232. The molecule has 3 nitrogen and oxygen atoms in total. The predicted molar refractivity (Wildman–Crippen MR) is 42.7 cm³/mol. The molecule has 0 radical (unpaired) electrons. The van der Waals surface area contributed by atoms with Crippen molar-refractivity contribution in [1.82, 2.24) is 0 Å². The van der Waals surface area contributed by atoms with E-state index in [2.05, 4.69) is 15.9 Å². The number of carbonyl (C=O) groups is 2. The number of hydrogen-bond donors (Lipinski definition) is 1. The van der Waals surface area contributed by atoms with E-state index in [0.29, 0.717) is 12.8 Å². The van der Waals surface area contributed by atoms with Crippen molar-refractivity contribution >= 4 is 27.7 Å². The normalized spacial score (nSPS) is 19.4. The van der Waals surface area contributed by atoms with Crippen LogP contribution in [0, 0.1) is 5.41 Å². The summed E-state index contributed by atoms with van der Waals surface area (Å²) in [6.45, 7) is 0. The molecule has 1 saturated carbocycles. The van der Waals surface area contributed by atoms with Crippen LogP contribution in [0.2, 0.25) is 0 Å². The number of ketones is 1. The van der Waals surface area contributed by atoms with Crippen LogP contribution in [0.5, 0.6) is 0 Å². The molecule has 1 N–H and O–H groups in total. The third-order valence-corrected chi connectivity index (χ3v) is 2.62. The van der Waals surface area contributed by atoms with Crippen LogP contribution in [0.25, 0.3) is 0 Å². The highest BCUT2D eigenvalue weighted by atomic mass is 79.9. The summed E-state index contributed by atoms with van der Waals surface area (Å²) < 4.78 is 0. The molecule has 0 aliphatic heterocycles. The number of carboxylic acid groups (broad SMARTS) is 1. The van der Waals surface area contributed by atoms with Gasteiger partial charge in [0.2, 0.25) is 0 Å². The number of rotatable bonds is 4. The minimum Gasteiger partial charge on any atom is -0.481 e. The van der Waals surface area contributed by atoms with E-state index in [1.165, 1.54) is 0 Å². The van der Waals surface area contributed by atoms with Crippen molar-refractivity contribution in [2.24, 2.45) is 5.41 Å². The second-order valence-electron chi connectivity index (χ2n) is 2.93. The van der Waals surface area contributed by atoms with Crippen LogP contribution in [0.4, 0.5) is 0 Å². The van der Waals surface area contributed by atoms with Crippen LogP contribution in [-0.4, -0.2) is 22.2 Å². The first-order valence-electron chi connectivity index (χ1n) is 3.42. The fourth-order valence-corrected chi connectivity index (χ4v) is 1.24. The molecule has 1 aliphatic carbocycles. The van der Waals surface area contributed by atoms with Crippen molar-refractivity contribution in [2.45, 2.75) is 19.3 Å². The van der Waals surface area contributed by atoms with Gasteiger partial charge in [-0.05, 0) is 12.8 Å². The lowest BCUT2D eigenvalue weighted by atomic mass is 10.0. The Morgan fingerprint density at radius 1 is 1.45 bits per heavy atom. The van der Waals surface area contributed by atoms with E-state index in [0.717, 1.165) is 0 Å². The number of aliphatic carboxylic acids is 1. The standard InChI is InChI=1S/C7H9BrO3/c8-4-5(9)3-7(1-2-7)6(10)11/h1-4H2,(H,10,11). The van der Waals surface area contributed by atoms with E-state index in [1.807, 2.05) is 0 Å². The van der Waals surface area contributed by atoms with Gasteiger partial charge in [0, 0.05) is 6.42 Å². The Kier molecular flexibility index (Phi) is 2.32. The molecule has 11 heavy (non-hydrogen) atoms. The van der Waals surface area contributed by atoms with Crippen LogP contribution in [0.1, 0.15) is 19.3 Å². The molecule has 0 spiro atoms. The summed E-state index contributed by atoms with van der Waals surface area (Å²) in [4.78, 5) is 21.4. The lowest BCUT2D eigenvalue weighted by Gasteiger charge is -2.05. The number of carbonyl (C=O) groups excluding carboxylic acids is 1. The van der Waals surface area contributed by atoms with Gasteiger partial charge < -0.3 is 5.11 Å². The Morgan fingerprint density at radius 3 is 2.27 bits per heavy atom. The summed E-state index contributed by atoms with van der Waals surface area (Å²) >= 11 is 3.00. The van der Waals surface area contributed by atoms with Crippen LogP contribution < -0.4 is 0 Å². The molecule has 1 rings (SSSR count). The Labute approximate surface area is 72.9 Å². The van der Waals surface area contributed by atoms with Gasteiger partial charge in [0.1, 0.15) is 5.78 Å². The minimum atomic E-state index is -0.827. The van der Waals surface area contributed by atoms with E-state index in [9.17, 15) is 9.59 Å². The highest BCUT2D eigenvalue weighted by Crippen LogP contribution is 2.49. The van der Waals surface area contributed by atoms with Crippen molar-refractivity contribution in [3.05, 3.63) is 0 Å². The highest BCUT2D eigenvalue weighted by Gasteiger charge is 2.51. The van der Waals surface area contributed by atoms with Gasteiger partial charge >= 0.3 is 5.97 Å². The summed E-state index contributed by atoms with van der Waals surface area (Å²) in [5.74, 6) is -0.850. The summed E-state index contributed by atoms with van der Waals surface area (Å²) in [5.41, 5.74) is -0.690. The Bertz CT molecular complexity index is 196. The first-order chi connectivity index (χ1) is 5.10. The van der Waals surface area contributed by atoms with E-state index >= 15 is 0 Å². The molecule has 62 valence electrons. The Hall–Kier alpha value is -0.380. The largest absolute Gasteiger partial charge is 0.481 e. The van der Waals surface area contributed by atoms with Gasteiger partial charge in [-0.2, -0.15) is 0 Å². The number of alkyl halides is 1. The van der Waals surface area contributed by atoms with Crippen molar-refractivity contribution in [3.63, 3.8) is 0 Å². The molecule has 0 amide bonds. The van der Waals surface area contributed by atoms with Gasteiger partial charge in [0.05, 0.1) is 10.7 Å². The molecule has 0 unspecified atom stereocenters. The van der Waals surface area contributed by atoms with Gasteiger partial charge in [-0.15, -0.1) is 0 Å². The molecule has 0 atom stereocenters. The molecular weight excluding hydrogens is 212 g/mol. The molecule has 0 aromatic rings. The van der Waals surface area contributed by atoms with E-state index in [4.69, 9.17) is 5.11 Å². The molecule has 0 aromatic carbocycles. The van der Waals surface area contributed by atoms with Crippen molar-refractivity contribution in [3.8, 4) is 0 Å². The second kappa shape index (κ2) is 2.93. The van der Waals surface area contributed by atoms with Gasteiger partial charge in [-0.25, -0.2) is 0 Å². The Balaban J connectivity index is 2.48. The summed E-state index contributed by atoms with van der Waals surface area (Å²) in [7, 11) is 0. The van der Waals surface area contributed by atoms with Gasteiger partial charge in [0.25, 0.3) is 0 Å². The zero-order chi connectivity index (χ0) is 8.48. The Morgan fingerprint density at radius 2 is 2.00 bits per heavy atom. The lowest BCUT2D eigenvalue weighted by molar-refractivity contribution is -0.145. The zero-order valence-corrected chi connectivity index (χ0v) is 7.56. The molecule has 0 saturated heterocycles. The van der Waals surface area contributed by atoms with Crippen molar-refractivity contribution in [1.29, 1.82) is 0 Å². The number of carboxylic acids is 1. The SMILES string of the molecule is O=C(CBr)CC1(C(=O)O)CC1. The molecule has 1 aliphatic rings. The summed E-state index contributed by atoms with van der Waals surface area (Å²) in [6, 6.07) is 0.